The number of fused-ring (bicyclic) bond motifs is 3. The Hall–Kier alpha value is -3.85. The van der Waals surface area contributed by atoms with E-state index < -0.39 is 0 Å². The average Bonchev–Trinajstić information content (AvgIpc) is 3.74. The summed E-state index contributed by atoms with van der Waals surface area (Å²) >= 11 is 1.46. The Kier molecular flexibility index (Phi) is 6.99. The number of thiophene rings is 1. The van der Waals surface area contributed by atoms with Crippen molar-refractivity contribution in [1.82, 2.24) is 24.1 Å². The van der Waals surface area contributed by atoms with Crippen molar-refractivity contribution in [3.8, 4) is 5.69 Å². The van der Waals surface area contributed by atoms with Crippen LogP contribution in [0.15, 0.2) is 71.0 Å². The van der Waals surface area contributed by atoms with Crippen LogP contribution in [0.1, 0.15) is 62.5 Å². The van der Waals surface area contributed by atoms with Gasteiger partial charge in [0.2, 0.25) is 0 Å². The summed E-state index contributed by atoms with van der Waals surface area (Å²) in [7, 11) is 4.00. The molecule has 2 aliphatic carbocycles. The minimum atomic E-state index is -0.0471. The zero-order valence-corrected chi connectivity index (χ0v) is 23.1. The molecule has 0 bridgehead atoms. The van der Waals surface area contributed by atoms with Crippen LogP contribution in [-0.4, -0.2) is 38.2 Å². The van der Waals surface area contributed by atoms with Crippen molar-refractivity contribution in [1.29, 1.82) is 0 Å². The number of hydrogen-bond donors (Lipinski definition) is 0. The van der Waals surface area contributed by atoms with Gasteiger partial charge in [-0.3, -0.25) is 18.7 Å². The first-order chi connectivity index (χ1) is 19.0. The fourth-order valence-electron chi connectivity index (χ4n) is 5.41. The molecule has 0 saturated heterocycles. The van der Waals surface area contributed by atoms with Crippen LogP contribution in [0.3, 0.4) is 0 Å². The molecular weight excluding hydrogens is 508 g/mol. The van der Waals surface area contributed by atoms with Crippen molar-refractivity contribution >= 4 is 37.5 Å². The summed E-state index contributed by atoms with van der Waals surface area (Å²) in [5.74, 6) is 0.750. The number of pyridine rings is 1. The van der Waals surface area contributed by atoms with Gasteiger partial charge in [-0.25, -0.2) is 15.0 Å². The molecule has 4 aromatic heterocycles. The van der Waals surface area contributed by atoms with Crippen LogP contribution in [0.25, 0.3) is 26.1 Å². The first kappa shape index (κ1) is 25.4. The maximum atomic E-state index is 13.0. The molecule has 2 aliphatic rings. The van der Waals surface area contributed by atoms with E-state index in [0.717, 1.165) is 50.6 Å². The molecule has 4 heterocycles. The van der Waals surface area contributed by atoms with Crippen molar-refractivity contribution in [3.63, 3.8) is 0 Å². The first-order valence-electron chi connectivity index (χ1n) is 13.6. The van der Waals surface area contributed by atoms with Crippen molar-refractivity contribution in [2.24, 2.45) is 0 Å². The summed E-state index contributed by atoms with van der Waals surface area (Å²) < 4.78 is 4.14. The molecule has 5 aromatic rings. The van der Waals surface area contributed by atoms with Crippen LogP contribution in [0, 0.1) is 0 Å². The highest BCUT2D eigenvalue weighted by molar-refractivity contribution is 7.25. The number of aromatic nitrogens is 5. The predicted molar refractivity (Wildman–Crippen MR) is 157 cm³/mol. The standard InChI is InChI=1S/C17H20N4OS.C13H12N2O/c1-20(2)12-8-9-18-16-13(12)14-15(23-16)17(22)21(10-19-14)11-6-4-3-5-7-11;16-13-7-8-14-9-15(13)12-5-3-11(4-6-12)10-1-2-10/h8-11H,3-7H2,1-2H3;3-10H,1-2H2. The summed E-state index contributed by atoms with van der Waals surface area (Å²) in [6.45, 7) is 0. The summed E-state index contributed by atoms with van der Waals surface area (Å²) in [5.41, 5.74) is 4.15. The highest BCUT2D eigenvalue weighted by atomic mass is 32.1. The van der Waals surface area contributed by atoms with E-state index in [4.69, 9.17) is 0 Å². The van der Waals surface area contributed by atoms with Crippen LogP contribution in [-0.2, 0) is 0 Å². The van der Waals surface area contributed by atoms with E-state index in [2.05, 4.69) is 27.1 Å². The maximum Gasteiger partial charge on any atom is 0.271 e. The van der Waals surface area contributed by atoms with Gasteiger partial charge in [-0.15, -0.1) is 11.3 Å². The minimum Gasteiger partial charge on any atom is -0.377 e. The lowest BCUT2D eigenvalue weighted by Crippen LogP contribution is -2.26. The SMILES string of the molecule is CN(C)c1ccnc2sc3c(=O)n(C4CCCCC4)cnc3c12.O=c1ccncn1-c1ccc(C2CC2)cc1. The van der Waals surface area contributed by atoms with Gasteiger partial charge in [-0.1, -0.05) is 31.4 Å². The van der Waals surface area contributed by atoms with E-state index in [1.165, 1.54) is 61.3 Å². The summed E-state index contributed by atoms with van der Waals surface area (Å²) in [6.07, 6.45) is 15.1. The van der Waals surface area contributed by atoms with Gasteiger partial charge in [-0.2, -0.15) is 0 Å². The van der Waals surface area contributed by atoms with E-state index in [9.17, 15) is 9.59 Å². The normalized spacial score (nSPS) is 15.7. The first-order valence-corrected chi connectivity index (χ1v) is 14.4. The Balaban J connectivity index is 0.000000151. The summed E-state index contributed by atoms with van der Waals surface area (Å²) in [5, 5.41) is 0.991. The van der Waals surface area contributed by atoms with E-state index in [-0.39, 0.29) is 11.1 Å². The number of nitrogens with zero attached hydrogens (tertiary/aromatic N) is 6. The van der Waals surface area contributed by atoms with E-state index in [1.54, 1.807) is 23.4 Å². The summed E-state index contributed by atoms with van der Waals surface area (Å²) in [6, 6.07) is 11.9. The van der Waals surface area contributed by atoms with Gasteiger partial charge < -0.3 is 4.90 Å². The van der Waals surface area contributed by atoms with Crippen LogP contribution in [0.2, 0.25) is 0 Å². The Morgan fingerprint density at radius 1 is 0.872 bits per heavy atom. The molecule has 0 atom stereocenters. The highest BCUT2D eigenvalue weighted by Gasteiger charge is 2.23. The van der Waals surface area contributed by atoms with Gasteiger partial charge in [0, 0.05) is 38.6 Å². The fraction of sp³-hybridized carbons (Fsp3) is 0.367. The molecule has 39 heavy (non-hydrogen) atoms. The number of rotatable bonds is 4. The lowest BCUT2D eigenvalue weighted by molar-refractivity contribution is 0.345. The Bertz CT molecular complexity index is 1730. The molecule has 2 fully saturated rings. The Morgan fingerprint density at radius 3 is 2.33 bits per heavy atom. The number of hydrogen-bond acceptors (Lipinski definition) is 7. The highest BCUT2D eigenvalue weighted by Crippen LogP contribution is 2.40. The third kappa shape index (κ3) is 5.11. The van der Waals surface area contributed by atoms with Crippen LogP contribution in [0.4, 0.5) is 5.69 Å². The molecular formula is C30H32N6O2S. The molecule has 9 heteroatoms. The molecule has 0 amide bonds. The Morgan fingerprint density at radius 2 is 1.64 bits per heavy atom. The Labute approximate surface area is 230 Å². The van der Waals surface area contributed by atoms with Gasteiger partial charge in [-0.05, 0) is 55.4 Å². The van der Waals surface area contributed by atoms with Gasteiger partial charge >= 0.3 is 0 Å². The van der Waals surface area contributed by atoms with E-state index >= 15 is 0 Å². The zero-order valence-electron chi connectivity index (χ0n) is 22.3. The fourth-order valence-corrected chi connectivity index (χ4v) is 6.46. The molecule has 8 nitrogen and oxygen atoms in total. The number of anilines is 1. The van der Waals surface area contributed by atoms with Crippen LogP contribution < -0.4 is 16.0 Å². The lowest BCUT2D eigenvalue weighted by atomic mass is 9.95. The third-order valence-electron chi connectivity index (χ3n) is 7.68. The molecule has 0 aliphatic heterocycles. The third-order valence-corrected chi connectivity index (χ3v) is 8.75. The monoisotopic (exact) mass is 540 g/mol. The van der Waals surface area contributed by atoms with Gasteiger partial charge in [0.1, 0.15) is 15.9 Å². The van der Waals surface area contributed by atoms with Gasteiger partial charge in [0.25, 0.3) is 11.1 Å². The number of benzene rings is 1. The lowest BCUT2D eigenvalue weighted by Gasteiger charge is -2.23. The second-order valence-electron chi connectivity index (χ2n) is 10.6. The molecule has 200 valence electrons. The van der Waals surface area contributed by atoms with Crippen molar-refractivity contribution < 1.29 is 0 Å². The van der Waals surface area contributed by atoms with E-state index in [0.29, 0.717) is 6.04 Å². The molecule has 7 rings (SSSR count). The van der Waals surface area contributed by atoms with Gasteiger partial charge in [0.15, 0.2) is 0 Å². The summed E-state index contributed by atoms with van der Waals surface area (Å²) in [4.78, 5) is 40.5. The quantitative estimate of drug-likeness (QED) is 0.291. The minimum absolute atomic E-state index is 0.0471. The largest absolute Gasteiger partial charge is 0.377 e. The molecule has 0 spiro atoms. The molecule has 1 aromatic carbocycles. The predicted octanol–water partition coefficient (Wildman–Crippen LogP) is 5.69. The van der Waals surface area contributed by atoms with Crippen molar-refractivity contribution in [2.45, 2.75) is 56.9 Å². The molecule has 0 unspecified atom stereocenters. The topological polar surface area (TPSA) is 85.9 Å². The van der Waals surface area contributed by atoms with Crippen molar-refractivity contribution in [2.75, 3.05) is 19.0 Å². The maximum absolute atomic E-state index is 13.0. The molecule has 0 radical (unpaired) electrons. The van der Waals surface area contributed by atoms with Crippen LogP contribution in [0.5, 0.6) is 0 Å². The van der Waals surface area contributed by atoms with Crippen molar-refractivity contribution in [3.05, 3.63) is 87.7 Å². The molecule has 2 saturated carbocycles. The van der Waals surface area contributed by atoms with Crippen LogP contribution >= 0.6 is 11.3 Å². The molecule has 0 N–H and O–H groups in total. The average molecular weight is 541 g/mol. The second-order valence-corrected chi connectivity index (χ2v) is 11.6. The smallest absolute Gasteiger partial charge is 0.271 e. The van der Waals surface area contributed by atoms with E-state index in [1.807, 2.05) is 41.8 Å². The van der Waals surface area contributed by atoms with Gasteiger partial charge in [0.05, 0.1) is 28.6 Å². The zero-order chi connectivity index (χ0) is 26.9. The second kappa shape index (κ2) is 10.7.